The van der Waals surface area contributed by atoms with Crippen molar-refractivity contribution >= 4 is 11.6 Å². The molecule has 0 bridgehead atoms. The van der Waals surface area contributed by atoms with Crippen molar-refractivity contribution in [3.8, 4) is 11.5 Å². The fourth-order valence-corrected chi connectivity index (χ4v) is 2.61. The Morgan fingerprint density at radius 1 is 1.04 bits per heavy atom. The number of hydrogen-bond acceptors (Lipinski definition) is 3. The minimum atomic E-state index is -0.258. The van der Waals surface area contributed by atoms with Crippen LogP contribution in [0.3, 0.4) is 0 Å². The lowest BCUT2D eigenvalue weighted by Crippen LogP contribution is -2.15. The highest BCUT2D eigenvalue weighted by Crippen LogP contribution is 2.26. The van der Waals surface area contributed by atoms with E-state index in [9.17, 15) is 4.79 Å². The van der Waals surface area contributed by atoms with Crippen molar-refractivity contribution in [1.82, 2.24) is 4.98 Å². The van der Waals surface area contributed by atoms with Gasteiger partial charge < -0.3 is 9.73 Å². The molecule has 4 heteroatoms. The number of carbonyl (C=O) groups is 1. The molecule has 0 unspecified atom stereocenters. The fourth-order valence-electron chi connectivity index (χ4n) is 2.61. The number of aryl methyl sites for hydroxylation is 1. The lowest BCUT2D eigenvalue weighted by atomic mass is 10.0. The first-order chi connectivity index (χ1) is 11.6. The smallest absolute Gasteiger partial charge is 0.277 e. The van der Waals surface area contributed by atoms with Gasteiger partial charge in [-0.2, -0.15) is 0 Å². The van der Waals surface area contributed by atoms with Crippen LogP contribution in [-0.4, -0.2) is 10.9 Å². The summed E-state index contributed by atoms with van der Waals surface area (Å²) in [5.41, 5.74) is 3.06. The zero-order chi connectivity index (χ0) is 17.1. The molecule has 0 aliphatic heterocycles. The molecule has 0 aliphatic carbocycles. The molecule has 2 aromatic carbocycles. The van der Waals surface area contributed by atoms with Gasteiger partial charge in [0.05, 0.1) is 0 Å². The first kappa shape index (κ1) is 16.0. The third kappa shape index (κ3) is 3.23. The molecule has 24 heavy (non-hydrogen) atoms. The Bertz CT molecular complexity index is 851. The van der Waals surface area contributed by atoms with E-state index in [-0.39, 0.29) is 5.91 Å². The van der Waals surface area contributed by atoms with Gasteiger partial charge in [0, 0.05) is 11.3 Å². The monoisotopic (exact) mass is 320 g/mol. The first-order valence-electron chi connectivity index (χ1n) is 7.99. The zero-order valence-electron chi connectivity index (χ0n) is 14.0. The summed E-state index contributed by atoms with van der Waals surface area (Å²) in [6.45, 7) is 5.95. The van der Waals surface area contributed by atoms with Crippen LogP contribution >= 0.6 is 0 Å². The Morgan fingerprint density at radius 3 is 2.42 bits per heavy atom. The van der Waals surface area contributed by atoms with Crippen LogP contribution in [0.25, 0.3) is 11.5 Å². The molecule has 0 fully saturated rings. The van der Waals surface area contributed by atoms with Crippen LogP contribution in [0.4, 0.5) is 5.69 Å². The number of amides is 1. The lowest BCUT2D eigenvalue weighted by molar-refractivity contribution is 0.102. The largest absolute Gasteiger partial charge is 0.441 e. The van der Waals surface area contributed by atoms with Gasteiger partial charge in [-0.05, 0) is 36.6 Å². The molecule has 1 amide bonds. The molecule has 3 aromatic rings. The molecule has 1 heterocycles. The van der Waals surface area contributed by atoms with Gasteiger partial charge in [0.25, 0.3) is 5.91 Å². The quantitative estimate of drug-likeness (QED) is 0.734. The van der Waals surface area contributed by atoms with Crippen molar-refractivity contribution in [2.24, 2.45) is 0 Å². The Balaban J connectivity index is 1.88. The molecule has 0 saturated carbocycles. The molecule has 4 nitrogen and oxygen atoms in total. The summed E-state index contributed by atoms with van der Waals surface area (Å²) < 4.78 is 5.67. The van der Waals surface area contributed by atoms with E-state index >= 15 is 0 Å². The Kier molecular flexibility index (Phi) is 4.47. The van der Waals surface area contributed by atoms with Crippen LogP contribution in [-0.2, 0) is 0 Å². The minimum Gasteiger partial charge on any atom is -0.441 e. The van der Waals surface area contributed by atoms with Gasteiger partial charge in [0.15, 0.2) is 5.69 Å². The molecular weight excluding hydrogens is 300 g/mol. The van der Waals surface area contributed by atoms with E-state index in [1.807, 2.05) is 54.6 Å². The SMILES string of the molecule is Cc1oc(-c2ccccc2)nc1C(=O)Nc1ccccc1C(C)C. The number of nitrogens with one attached hydrogen (secondary N) is 1. The Hall–Kier alpha value is -2.88. The van der Waals surface area contributed by atoms with E-state index < -0.39 is 0 Å². The van der Waals surface area contributed by atoms with Gasteiger partial charge in [-0.15, -0.1) is 0 Å². The molecule has 1 aromatic heterocycles. The van der Waals surface area contributed by atoms with Crippen molar-refractivity contribution in [1.29, 1.82) is 0 Å². The maximum Gasteiger partial charge on any atom is 0.277 e. The second-order valence-electron chi connectivity index (χ2n) is 5.99. The Labute approximate surface area is 141 Å². The van der Waals surface area contributed by atoms with Crippen LogP contribution in [0.1, 0.15) is 41.6 Å². The van der Waals surface area contributed by atoms with Crippen LogP contribution in [0, 0.1) is 6.92 Å². The van der Waals surface area contributed by atoms with E-state index in [4.69, 9.17) is 4.42 Å². The maximum absolute atomic E-state index is 12.6. The summed E-state index contributed by atoms with van der Waals surface area (Å²) in [6, 6.07) is 17.4. The van der Waals surface area contributed by atoms with Crippen LogP contribution in [0.15, 0.2) is 59.0 Å². The zero-order valence-corrected chi connectivity index (χ0v) is 14.0. The van der Waals surface area contributed by atoms with E-state index in [0.29, 0.717) is 23.3 Å². The second kappa shape index (κ2) is 6.71. The summed E-state index contributed by atoms with van der Waals surface area (Å²) in [5.74, 6) is 1.02. The van der Waals surface area contributed by atoms with Crippen LogP contribution in [0.2, 0.25) is 0 Å². The van der Waals surface area contributed by atoms with Crippen molar-refractivity contribution in [2.75, 3.05) is 5.32 Å². The fraction of sp³-hybridized carbons (Fsp3) is 0.200. The van der Waals surface area contributed by atoms with E-state index in [2.05, 4.69) is 24.1 Å². The highest BCUT2D eigenvalue weighted by Gasteiger charge is 2.19. The normalized spacial score (nSPS) is 10.8. The second-order valence-corrected chi connectivity index (χ2v) is 5.99. The standard InChI is InChI=1S/C20H20N2O2/c1-13(2)16-11-7-8-12-17(16)21-19(23)18-14(3)24-20(22-18)15-9-5-4-6-10-15/h4-13H,1-3H3,(H,21,23). The number of nitrogens with zero attached hydrogens (tertiary/aromatic N) is 1. The van der Waals surface area contributed by atoms with Crippen molar-refractivity contribution in [3.63, 3.8) is 0 Å². The third-order valence-electron chi connectivity index (χ3n) is 3.86. The van der Waals surface area contributed by atoms with Gasteiger partial charge in [0.1, 0.15) is 5.76 Å². The topological polar surface area (TPSA) is 55.1 Å². The minimum absolute atomic E-state index is 0.258. The number of para-hydroxylation sites is 1. The van der Waals surface area contributed by atoms with Gasteiger partial charge in [0.2, 0.25) is 5.89 Å². The number of aromatic nitrogens is 1. The molecule has 0 spiro atoms. The van der Waals surface area contributed by atoms with Gasteiger partial charge in [-0.25, -0.2) is 4.98 Å². The molecule has 3 rings (SSSR count). The predicted octanol–water partition coefficient (Wildman–Crippen LogP) is 5.03. The van der Waals surface area contributed by atoms with Crippen molar-refractivity contribution < 1.29 is 9.21 Å². The molecule has 0 aliphatic rings. The number of rotatable bonds is 4. The summed E-state index contributed by atoms with van der Waals surface area (Å²) >= 11 is 0. The molecule has 0 atom stereocenters. The van der Waals surface area contributed by atoms with Crippen LogP contribution < -0.4 is 5.32 Å². The first-order valence-corrected chi connectivity index (χ1v) is 7.99. The highest BCUT2D eigenvalue weighted by molar-refractivity contribution is 6.04. The lowest BCUT2D eigenvalue weighted by Gasteiger charge is -2.12. The average molecular weight is 320 g/mol. The number of hydrogen-bond donors (Lipinski definition) is 1. The summed E-state index contributed by atoms with van der Waals surface area (Å²) in [4.78, 5) is 17.0. The molecular formula is C20H20N2O2. The van der Waals surface area contributed by atoms with E-state index in [1.54, 1.807) is 6.92 Å². The molecule has 0 radical (unpaired) electrons. The number of oxazole rings is 1. The van der Waals surface area contributed by atoms with Gasteiger partial charge >= 0.3 is 0 Å². The summed E-state index contributed by atoms with van der Waals surface area (Å²) in [5, 5.41) is 2.95. The number of anilines is 1. The van der Waals surface area contributed by atoms with E-state index in [1.165, 1.54) is 0 Å². The number of carbonyl (C=O) groups excluding carboxylic acids is 1. The molecule has 122 valence electrons. The maximum atomic E-state index is 12.6. The van der Waals surface area contributed by atoms with Gasteiger partial charge in [-0.3, -0.25) is 4.79 Å². The Morgan fingerprint density at radius 2 is 1.71 bits per heavy atom. The van der Waals surface area contributed by atoms with Gasteiger partial charge in [-0.1, -0.05) is 50.2 Å². The highest BCUT2D eigenvalue weighted by atomic mass is 16.4. The predicted molar refractivity (Wildman–Crippen MR) is 95.2 cm³/mol. The third-order valence-corrected chi connectivity index (χ3v) is 3.86. The van der Waals surface area contributed by atoms with Crippen molar-refractivity contribution in [3.05, 3.63) is 71.6 Å². The van der Waals surface area contributed by atoms with E-state index in [0.717, 1.165) is 16.8 Å². The summed E-state index contributed by atoms with van der Waals surface area (Å²) in [7, 11) is 0. The average Bonchev–Trinajstić information content (AvgIpc) is 2.98. The number of benzene rings is 2. The molecule has 0 saturated heterocycles. The van der Waals surface area contributed by atoms with Crippen molar-refractivity contribution in [2.45, 2.75) is 26.7 Å². The molecule has 1 N–H and O–H groups in total. The van der Waals surface area contributed by atoms with Crippen LogP contribution in [0.5, 0.6) is 0 Å². The summed E-state index contributed by atoms with van der Waals surface area (Å²) in [6.07, 6.45) is 0.